The Kier molecular flexibility index (Phi) is 5.76. The lowest BCUT2D eigenvalue weighted by Gasteiger charge is -2.23. The fourth-order valence-corrected chi connectivity index (χ4v) is 2.77. The minimum absolute atomic E-state index is 0.0488. The number of carbonyl (C=O) groups excluding carboxylic acids is 2. The van der Waals surface area contributed by atoms with Crippen LogP contribution in [-0.2, 0) is 25.7 Å². The summed E-state index contributed by atoms with van der Waals surface area (Å²) in [6.45, 7) is -0.173. The van der Waals surface area contributed by atoms with E-state index in [2.05, 4.69) is 0 Å². The molecule has 0 bridgehead atoms. The molecule has 3 rings (SSSR count). The molecule has 0 spiro atoms. The van der Waals surface area contributed by atoms with Crippen LogP contribution in [0, 0.1) is 0 Å². The van der Waals surface area contributed by atoms with Gasteiger partial charge in [0.25, 0.3) is 0 Å². The summed E-state index contributed by atoms with van der Waals surface area (Å²) in [7, 11) is 2.50. The predicted molar refractivity (Wildman–Crippen MR) is 102 cm³/mol. The number of allylic oxidation sites excluding steroid dienone is 2. The molecule has 0 saturated heterocycles. The predicted octanol–water partition coefficient (Wildman–Crippen LogP) is 2.93. The van der Waals surface area contributed by atoms with Gasteiger partial charge in [-0.2, -0.15) is 0 Å². The summed E-state index contributed by atoms with van der Waals surface area (Å²) in [6.07, 6.45) is 6.50. The minimum atomic E-state index is -0.667. The quantitative estimate of drug-likeness (QED) is 0.797. The number of benzene rings is 1. The second kappa shape index (κ2) is 8.41. The normalized spacial score (nSPS) is 13.5. The molecule has 0 aliphatic carbocycles. The molecule has 0 saturated carbocycles. The lowest BCUT2D eigenvalue weighted by atomic mass is 10.1. The van der Waals surface area contributed by atoms with Gasteiger partial charge in [0.15, 0.2) is 0 Å². The fraction of sp³-hybridized carbons (Fsp3) is 0.143. The number of ether oxygens (including phenoxy) is 2. The number of nitrogens with zero attached hydrogens (tertiary/aromatic N) is 1. The highest BCUT2D eigenvalue weighted by Gasteiger charge is 2.27. The number of aliphatic hydroxyl groups excluding tert-OH is 1. The first kappa shape index (κ1) is 19.2. The lowest BCUT2D eigenvalue weighted by molar-refractivity contribution is -0.139. The molecule has 1 aromatic heterocycles. The average molecular weight is 381 g/mol. The van der Waals surface area contributed by atoms with E-state index in [9.17, 15) is 9.59 Å². The van der Waals surface area contributed by atoms with Gasteiger partial charge in [0, 0.05) is 17.5 Å². The van der Waals surface area contributed by atoms with Crippen LogP contribution in [0.15, 0.2) is 76.5 Å². The Balaban J connectivity index is 2.02. The van der Waals surface area contributed by atoms with Crippen LogP contribution in [0.25, 0.3) is 11.3 Å². The van der Waals surface area contributed by atoms with Crippen LogP contribution in [-0.4, -0.2) is 31.3 Å². The topological polar surface area (TPSA) is 89.2 Å². The van der Waals surface area contributed by atoms with Crippen LogP contribution >= 0.6 is 0 Å². The molecule has 1 N–H and O–H groups in total. The van der Waals surface area contributed by atoms with E-state index >= 15 is 0 Å². The Labute approximate surface area is 161 Å². The number of hydrogen-bond acceptors (Lipinski definition) is 7. The molecule has 0 radical (unpaired) electrons. The summed E-state index contributed by atoms with van der Waals surface area (Å²) >= 11 is 0. The molecule has 1 aliphatic rings. The van der Waals surface area contributed by atoms with Gasteiger partial charge in [-0.25, -0.2) is 9.59 Å². The number of anilines is 1. The number of rotatable bonds is 5. The molecule has 0 unspecified atom stereocenters. The van der Waals surface area contributed by atoms with Crippen molar-refractivity contribution in [2.24, 2.45) is 0 Å². The van der Waals surface area contributed by atoms with Gasteiger partial charge in [0.05, 0.1) is 19.8 Å². The first-order chi connectivity index (χ1) is 13.6. The summed E-state index contributed by atoms with van der Waals surface area (Å²) < 4.78 is 15.2. The molecular formula is C21H19NO6. The minimum Gasteiger partial charge on any atom is -0.465 e. The molecule has 2 aromatic rings. The zero-order valence-electron chi connectivity index (χ0n) is 15.4. The van der Waals surface area contributed by atoms with Gasteiger partial charge in [0.1, 0.15) is 23.8 Å². The Morgan fingerprint density at radius 2 is 1.71 bits per heavy atom. The summed E-state index contributed by atoms with van der Waals surface area (Å²) in [5.41, 5.74) is 1.58. The maximum atomic E-state index is 12.4. The van der Waals surface area contributed by atoms with Gasteiger partial charge in [-0.15, -0.1) is 0 Å². The molecule has 28 heavy (non-hydrogen) atoms. The van der Waals surface area contributed by atoms with Crippen LogP contribution in [0.4, 0.5) is 5.69 Å². The van der Waals surface area contributed by atoms with Crippen LogP contribution in [0.1, 0.15) is 5.76 Å². The molecule has 0 atom stereocenters. The van der Waals surface area contributed by atoms with Gasteiger partial charge in [-0.1, -0.05) is 6.08 Å². The molecule has 1 aromatic carbocycles. The largest absolute Gasteiger partial charge is 0.465 e. The fourth-order valence-electron chi connectivity index (χ4n) is 2.77. The van der Waals surface area contributed by atoms with E-state index < -0.39 is 11.9 Å². The van der Waals surface area contributed by atoms with Crippen LogP contribution in [0.5, 0.6) is 0 Å². The number of aliphatic hydroxyl groups is 1. The highest BCUT2D eigenvalue weighted by molar-refractivity contribution is 6.05. The van der Waals surface area contributed by atoms with Gasteiger partial charge in [-0.3, -0.25) is 0 Å². The van der Waals surface area contributed by atoms with Gasteiger partial charge < -0.3 is 23.9 Å². The molecule has 7 heteroatoms. The molecular weight excluding hydrogens is 362 g/mol. The van der Waals surface area contributed by atoms with Gasteiger partial charge >= 0.3 is 11.9 Å². The SMILES string of the molecule is COC(=O)C1=C(C(=O)OC)N(c2ccc(-c3ccc(CO)o3)cc2)C=CC=C1. The molecule has 0 amide bonds. The first-order valence-corrected chi connectivity index (χ1v) is 8.44. The third-order valence-electron chi connectivity index (χ3n) is 4.14. The van der Waals surface area contributed by atoms with Crippen molar-refractivity contribution in [1.29, 1.82) is 0 Å². The van der Waals surface area contributed by atoms with E-state index in [1.807, 2.05) is 12.1 Å². The average Bonchev–Trinajstić information content (AvgIpc) is 3.11. The number of hydrogen-bond donors (Lipinski definition) is 1. The van der Waals surface area contributed by atoms with Crippen molar-refractivity contribution in [3.63, 3.8) is 0 Å². The standard InChI is InChI=1S/C21H19NO6/c1-26-20(24)17-5-3-4-12-22(19(17)21(25)27-2)15-8-6-14(7-9-15)18-11-10-16(13-23)28-18/h3-12,23H,13H2,1-2H3. The number of esters is 2. The molecule has 1 aliphatic heterocycles. The number of furan rings is 1. The second-order valence-corrected chi connectivity index (χ2v) is 5.79. The Hall–Kier alpha value is -3.58. The van der Waals surface area contributed by atoms with Crippen LogP contribution in [0.2, 0.25) is 0 Å². The molecule has 7 nitrogen and oxygen atoms in total. The van der Waals surface area contributed by atoms with E-state index in [4.69, 9.17) is 19.0 Å². The van der Waals surface area contributed by atoms with Crippen molar-refractivity contribution >= 4 is 17.6 Å². The van der Waals surface area contributed by atoms with Crippen molar-refractivity contribution in [3.8, 4) is 11.3 Å². The number of methoxy groups -OCH3 is 2. The molecule has 144 valence electrons. The summed E-state index contributed by atoms with van der Waals surface area (Å²) in [4.78, 5) is 26.2. The number of carbonyl (C=O) groups is 2. The van der Waals surface area contributed by atoms with Crippen molar-refractivity contribution in [2.75, 3.05) is 19.1 Å². The second-order valence-electron chi connectivity index (χ2n) is 5.79. The summed E-state index contributed by atoms with van der Waals surface area (Å²) in [5, 5.41) is 9.13. The van der Waals surface area contributed by atoms with E-state index in [-0.39, 0.29) is 17.9 Å². The molecule has 0 fully saturated rings. The van der Waals surface area contributed by atoms with Crippen molar-refractivity contribution in [3.05, 3.63) is 77.9 Å². The van der Waals surface area contributed by atoms with Crippen molar-refractivity contribution < 1.29 is 28.6 Å². The zero-order chi connectivity index (χ0) is 20.1. The van der Waals surface area contributed by atoms with Gasteiger partial charge in [-0.05, 0) is 48.6 Å². The van der Waals surface area contributed by atoms with Crippen LogP contribution < -0.4 is 4.90 Å². The molecule has 2 heterocycles. The van der Waals surface area contributed by atoms with Gasteiger partial charge in [0.2, 0.25) is 0 Å². The summed E-state index contributed by atoms with van der Waals surface area (Å²) in [6, 6.07) is 10.7. The van der Waals surface area contributed by atoms with E-state index in [0.717, 1.165) is 5.56 Å². The Morgan fingerprint density at radius 3 is 2.32 bits per heavy atom. The van der Waals surface area contributed by atoms with Crippen molar-refractivity contribution in [1.82, 2.24) is 0 Å². The van der Waals surface area contributed by atoms with Crippen molar-refractivity contribution in [2.45, 2.75) is 6.61 Å². The lowest BCUT2D eigenvalue weighted by Crippen LogP contribution is -2.26. The Morgan fingerprint density at radius 1 is 1.00 bits per heavy atom. The first-order valence-electron chi connectivity index (χ1n) is 8.44. The van der Waals surface area contributed by atoms with E-state index in [1.54, 1.807) is 47.5 Å². The Bertz CT molecular complexity index is 965. The monoisotopic (exact) mass is 381 g/mol. The van der Waals surface area contributed by atoms with Crippen LogP contribution in [0.3, 0.4) is 0 Å². The zero-order valence-corrected chi connectivity index (χ0v) is 15.4. The maximum Gasteiger partial charge on any atom is 0.355 e. The van der Waals surface area contributed by atoms with E-state index in [0.29, 0.717) is 17.2 Å². The third kappa shape index (κ3) is 3.74. The highest BCUT2D eigenvalue weighted by Crippen LogP contribution is 2.29. The maximum absolute atomic E-state index is 12.4. The van der Waals surface area contributed by atoms with E-state index in [1.165, 1.54) is 20.3 Å². The highest BCUT2D eigenvalue weighted by atomic mass is 16.5. The summed E-state index contributed by atoms with van der Waals surface area (Å²) in [5.74, 6) is -0.227. The third-order valence-corrected chi connectivity index (χ3v) is 4.14. The smallest absolute Gasteiger partial charge is 0.355 e.